The molecule has 118 valence electrons. The van der Waals surface area contributed by atoms with Gasteiger partial charge in [0.2, 0.25) is 0 Å². The first kappa shape index (κ1) is 16.4. The fourth-order valence-electron chi connectivity index (χ4n) is 2.85. The molecule has 0 aliphatic carbocycles. The molecule has 3 nitrogen and oxygen atoms in total. The predicted octanol–water partition coefficient (Wildman–Crippen LogP) is 2.88. The summed E-state index contributed by atoms with van der Waals surface area (Å²) in [5, 5.41) is 0. The summed E-state index contributed by atoms with van der Waals surface area (Å²) in [7, 11) is 2.12. The third-order valence-corrected chi connectivity index (χ3v) is 4.27. The first-order valence-corrected chi connectivity index (χ1v) is 7.84. The Morgan fingerprint density at radius 1 is 1.48 bits per heavy atom. The van der Waals surface area contributed by atoms with Crippen LogP contribution in [-0.2, 0) is 4.74 Å². The van der Waals surface area contributed by atoms with E-state index in [2.05, 4.69) is 11.9 Å². The largest absolute Gasteiger partial charge is 0.381 e. The molecule has 1 aliphatic rings. The zero-order valence-corrected chi connectivity index (χ0v) is 13.1. The molecule has 1 fully saturated rings. The number of ether oxygens (including phenoxy) is 1. The normalized spacial score (nSPS) is 20.7. The maximum Gasteiger partial charge on any atom is 0.126 e. The van der Waals surface area contributed by atoms with Crippen LogP contribution in [0.4, 0.5) is 4.39 Å². The number of nitrogens with two attached hydrogens (primary N) is 1. The third kappa shape index (κ3) is 5.06. The lowest BCUT2D eigenvalue weighted by atomic mass is 10.0. The van der Waals surface area contributed by atoms with E-state index in [0.29, 0.717) is 11.5 Å². The van der Waals surface area contributed by atoms with Crippen LogP contribution in [0.3, 0.4) is 0 Å². The van der Waals surface area contributed by atoms with Crippen LogP contribution in [0.15, 0.2) is 18.2 Å². The van der Waals surface area contributed by atoms with Crippen LogP contribution < -0.4 is 5.73 Å². The maximum atomic E-state index is 13.6. The van der Waals surface area contributed by atoms with Crippen molar-refractivity contribution >= 4 is 0 Å². The Balaban J connectivity index is 1.77. The highest BCUT2D eigenvalue weighted by molar-refractivity contribution is 5.25. The molecular weight excluding hydrogens is 267 g/mol. The molecule has 0 radical (unpaired) electrons. The summed E-state index contributed by atoms with van der Waals surface area (Å²) in [6.45, 7) is 5.52. The van der Waals surface area contributed by atoms with Gasteiger partial charge in [0.15, 0.2) is 0 Å². The van der Waals surface area contributed by atoms with Gasteiger partial charge in [-0.3, -0.25) is 0 Å². The van der Waals surface area contributed by atoms with Crippen molar-refractivity contribution in [3.05, 3.63) is 35.1 Å². The van der Waals surface area contributed by atoms with Crippen LogP contribution in [0, 0.1) is 18.7 Å². The molecule has 2 atom stereocenters. The lowest BCUT2D eigenvalue weighted by Gasteiger charge is -2.27. The fourth-order valence-corrected chi connectivity index (χ4v) is 2.85. The Labute approximate surface area is 127 Å². The van der Waals surface area contributed by atoms with Gasteiger partial charge in [0.25, 0.3) is 0 Å². The Hall–Kier alpha value is -0.970. The quantitative estimate of drug-likeness (QED) is 0.877. The summed E-state index contributed by atoms with van der Waals surface area (Å²) in [5.74, 6) is 0.465. The summed E-state index contributed by atoms with van der Waals surface area (Å²) in [6.07, 6.45) is 3.26. The number of benzene rings is 1. The first-order chi connectivity index (χ1) is 10.1. The standard InChI is InChI=1S/C17H27FN2O/c1-13-5-6-15(10-16(13)18)17(19)7-8-20(2)11-14-4-3-9-21-12-14/h5-6,10,14,17H,3-4,7-9,11-12,19H2,1-2H3. The van der Waals surface area contributed by atoms with E-state index in [4.69, 9.17) is 10.5 Å². The smallest absolute Gasteiger partial charge is 0.126 e. The predicted molar refractivity (Wildman–Crippen MR) is 83.7 cm³/mol. The van der Waals surface area contributed by atoms with E-state index < -0.39 is 0 Å². The number of nitrogens with zero attached hydrogens (tertiary/aromatic N) is 1. The Bertz CT molecular complexity index is 446. The van der Waals surface area contributed by atoms with Crippen molar-refractivity contribution in [2.75, 3.05) is 33.4 Å². The molecule has 0 aromatic heterocycles. The van der Waals surface area contributed by atoms with E-state index in [0.717, 1.165) is 38.3 Å². The van der Waals surface area contributed by atoms with Crippen molar-refractivity contribution < 1.29 is 9.13 Å². The molecule has 0 saturated carbocycles. The maximum absolute atomic E-state index is 13.6. The van der Waals surface area contributed by atoms with Gasteiger partial charge in [-0.15, -0.1) is 0 Å². The molecule has 0 bridgehead atoms. The molecule has 1 heterocycles. The monoisotopic (exact) mass is 294 g/mol. The second-order valence-corrected chi connectivity index (χ2v) is 6.25. The fraction of sp³-hybridized carbons (Fsp3) is 0.647. The van der Waals surface area contributed by atoms with E-state index >= 15 is 0 Å². The molecule has 1 aliphatic heterocycles. The van der Waals surface area contributed by atoms with Crippen molar-refractivity contribution in [2.45, 2.75) is 32.2 Å². The van der Waals surface area contributed by atoms with Gasteiger partial charge in [0.05, 0.1) is 6.61 Å². The average molecular weight is 294 g/mol. The van der Waals surface area contributed by atoms with Gasteiger partial charge >= 0.3 is 0 Å². The van der Waals surface area contributed by atoms with Crippen LogP contribution >= 0.6 is 0 Å². The Morgan fingerprint density at radius 2 is 2.29 bits per heavy atom. The molecular formula is C17H27FN2O. The van der Waals surface area contributed by atoms with Gasteiger partial charge in [-0.2, -0.15) is 0 Å². The minimum atomic E-state index is -0.171. The SMILES string of the molecule is Cc1ccc(C(N)CCN(C)CC2CCCOC2)cc1F. The van der Waals surface area contributed by atoms with Gasteiger partial charge in [-0.05, 0) is 62.9 Å². The van der Waals surface area contributed by atoms with Crippen molar-refractivity contribution in [3.63, 3.8) is 0 Å². The minimum Gasteiger partial charge on any atom is -0.381 e. The highest BCUT2D eigenvalue weighted by atomic mass is 19.1. The summed E-state index contributed by atoms with van der Waals surface area (Å²) < 4.78 is 19.1. The Kier molecular flexibility index (Phi) is 6.15. The van der Waals surface area contributed by atoms with Gasteiger partial charge in [-0.1, -0.05) is 12.1 Å². The molecule has 1 saturated heterocycles. The van der Waals surface area contributed by atoms with Gasteiger partial charge in [0, 0.05) is 19.2 Å². The number of aryl methyl sites for hydroxylation is 1. The third-order valence-electron chi connectivity index (χ3n) is 4.27. The lowest BCUT2D eigenvalue weighted by molar-refractivity contribution is 0.0417. The van der Waals surface area contributed by atoms with Gasteiger partial charge in [0.1, 0.15) is 5.82 Å². The first-order valence-electron chi connectivity index (χ1n) is 7.84. The molecule has 2 rings (SSSR count). The minimum absolute atomic E-state index is 0.106. The summed E-state index contributed by atoms with van der Waals surface area (Å²) in [5.41, 5.74) is 7.73. The van der Waals surface area contributed by atoms with Crippen LogP contribution in [0.1, 0.15) is 36.4 Å². The number of rotatable bonds is 6. The number of hydrogen-bond acceptors (Lipinski definition) is 3. The van der Waals surface area contributed by atoms with E-state index in [1.807, 2.05) is 6.07 Å². The van der Waals surface area contributed by atoms with E-state index in [-0.39, 0.29) is 11.9 Å². The summed E-state index contributed by atoms with van der Waals surface area (Å²) >= 11 is 0. The molecule has 1 aromatic rings. The van der Waals surface area contributed by atoms with Crippen molar-refractivity contribution in [3.8, 4) is 0 Å². The molecule has 21 heavy (non-hydrogen) atoms. The lowest BCUT2D eigenvalue weighted by Crippen LogP contribution is -2.32. The summed E-state index contributed by atoms with van der Waals surface area (Å²) in [4.78, 5) is 2.31. The van der Waals surface area contributed by atoms with Crippen LogP contribution in [0.25, 0.3) is 0 Å². The zero-order chi connectivity index (χ0) is 15.2. The molecule has 4 heteroatoms. The van der Waals surface area contributed by atoms with E-state index in [1.54, 1.807) is 19.1 Å². The Morgan fingerprint density at radius 3 is 2.95 bits per heavy atom. The number of halogens is 1. The number of hydrogen-bond donors (Lipinski definition) is 1. The topological polar surface area (TPSA) is 38.5 Å². The molecule has 2 N–H and O–H groups in total. The highest BCUT2D eigenvalue weighted by Gasteiger charge is 2.16. The van der Waals surface area contributed by atoms with Crippen molar-refractivity contribution in [1.29, 1.82) is 0 Å². The summed E-state index contributed by atoms with van der Waals surface area (Å²) in [6, 6.07) is 5.19. The van der Waals surface area contributed by atoms with E-state index in [1.165, 1.54) is 12.8 Å². The molecule has 0 spiro atoms. The van der Waals surface area contributed by atoms with E-state index in [9.17, 15) is 4.39 Å². The molecule has 0 amide bonds. The second-order valence-electron chi connectivity index (χ2n) is 6.25. The van der Waals surface area contributed by atoms with Crippen molar-refractivity contribution in [1.82, 2.24) is 4.90 Å². The van der Waals surface area contributed by atoms with Crippen LogP contribution in [0.5, 0.6) is 0 Å². The molecule has 1 aromatic carbocycles. The van der Waals surface area contributed by atoms with Crippen LogP contribution in [-0.4, -0.2) is 38.3 Å². The van der Waals surface area contributed by atoms with Crippen LogP contribution in [0.2, 0.25) is 0 Å². The van der Waals surface area contributed by atoms with Gasteiger partial charge in [-0.25, -0.2) is 4.39 Å². The molecule has 2 unspecified atom stereocenters. The average Bonchev–Trinajstić information content (AvgIpc) is 2.48. The van der Waals surface area contributed by atoms with Crippen molar-refractivity contribution in [2.24, 2.45) is 11.7 Å². The second kappa shape index (κ2) is 7.87. The zero-order valence-electron chi connectivity index (χ0n) is 13.1. The highest BCUT2D eigenvalue weighted by Crippen LogP contribution is 2.19. The van der Waals surface area contributed by atoms with Gasteiger partial charge < -0.3 is 15.4 Å².